The first-order valence-corrected chi connectivity index (χ1v) is 8.88. The Morgan fingerprint density at radius 1 is 1.42 bits per heavy atom. The van der Waals surface area contributed by atoms with Crippen LogP contribution in [0.15, 0.2) is 0 Å². The third kappa shape index (κ3) is 3.29. The maximum Gasteiger partial charge on any atom is 0.0863 e. The smallest absolute Gasteiger partial charge is 0.0863 e. The van der Waals surface area contributed by atoms with Crippen molar-refractivity contribution in [3.8, 4) is 0 Å². The number of rotatable bonds is 6. The summed E-state index contributed by atoms with van der Waals surface area (Å²) in [5.74, 6) is 0. The molecule has 0 radical (unpaired) electrons. The number of hydrogen-bond acceptors (Lipinski definition) is 3. The second kappa shape index (κ2) is 7.00. The minimum atomic E-state index is 0.622. The minimum Gasteiger partial charge on any atom is -0.307 e. The van der Waals surface area contributed by atoms with Crippen molar-refractivity contribution >= 4 is 23.4 Å². The molecule has 1 saturated carbocycles. The van der Waals surface area contributed by atoms with E-state index in [1.807, 2.05) is 16.4 Å². The van der Waals surface area contributed by atoms with Crippen molar-refractivity contribution in [3.63, 3.8) is 0 Å². The summed E-state index contributed by atoms with van der Waals surface area (Å²) in [6.07, 6.45) is 7.06. The van der Waals surface area contributed by atoms with Gasteiger partial charge < -0.3 is 5.32 Å². The van der Waals surface area contributed by atoms with Gasteiger partial charge in [0.25, 0.3) is 0 Å². The highest BCUT2D eigenvalue weighted by atomic mass is 35.5. The average molecular weight is 302 g/mol. The largest absolute Gasteiger partial charge is 0.307 e. The Bertz CT molecular complexity index is 419. The fraction of sp³-hybridized carbons (Fsp3) is 0.786. The van der Waals surface area contributed by atoms with Gasteiger partial charge in [-0.15, -0.1) is 0 Å². The molecule has 1 heterocycles. The van der Waals surface area contributed by atoms with Crippen LogP contribution >= 0.6 is 23.4 Å². The van der Waals surface area contributed by atoms with E-state index in [1.165, 1.54) is 19.3 Å². The summed E-state index contributed by atoms with van der Waals surface area (Å²) >= 11 is 8.42. The maximum atomic E-state index is 6.44. The minimum absolute atomic E-state index is 0.622. The molecule has 2 rings (SSSR count). The van der Waals surface area contributed by atoms with Gasteiger partial charge in [0, 0.05) is 24.4 Å². The molecule has 5 heteroatoms. The molecule has 2 atom stereocenters. The van der Waals surface area contributed by atoms with Crippen molar-refractivity contribution in [3.05, 3.63) is 16.4 Å². The lowest BCUT2D eigenvalue weighted by molar-refractivity contribution is 0.504. The highest BCUT2D eigenvalue weighted by Gasteiger charge is 2.26. The topological polar surface area (TPSA) is 29.9 Å². The van der Waals surface area contributed by atoms with Crippen LogP contribution in [0.5, 0.6) is 0 Å². The third-order valence-electron chi connectivity index (χ3n) is 3.98. The van der Waals surface area contributed by atoms with Gasteiger partial charge in [0.05, 0.1) is 16.4 Å². The average Bonchev–Trinajstić information content (AvgIpc) is 3.00. The van der Waals surface area contributed by atoms with E-state index in [1.54, 1.807) is 0 Å². The van der Waals surface area contributed by atoms with Crippen LogP contribution in [0, 0.1) is 0 Å². The van der Waals surface area contributed by atoms with E-state index in [4.69, 9.17) is 11.6 Å². The number of hydrogen-bond donors (Lipinski definition) is 1. The second-order valence-corrected chi connectivity index (χ2v) is 6.52. The first-order chi connectivity index (χ1) is 9.21. The number of aromatic nitrogens is 2. The Kier molecular flexibility index (Phi) is 5.60. The molecular weight excluding hydrogens is 278 g/mol. The fourth-order valence-electron chi connectivity index (χ4n) is 2.86. The van der Waals surface area contributed by atoms with E-state index < -0.39 is 0 Å². The van der Waals surface area contributed by atoms with Crippen molar-refractivity contribution in [1.29, 1.82) is 0 Å². The molecule has 1 aliphatic carbocycles. The van der Waals surface area contributed by atoms with Gasteiger partial charge in [-0.2, -0.15) is 16.9 Å². The molecule has 2 unspecified atom stereocenters. The zero-order chi connectivity index (χ0) is 13.8. The van der Waals surface area contributed by atoms with E-state index in [-0.39, 0.29) is 0 Å². The zero-order valence-corrected chi connectivity index (χ0v) is 13.7. The Hall–Kier alpha value is -0.190. The van der Waals surface area contributed by atoms with Crippen LogP contribution < -0.4 is 5.32 Å². The van der Waals surface area contributed by atoms with Crippen LogP contribution in [-0.2, 0) is 19.5 Å². The second-order valence-electron chi connectivity index (χ2n) is 5.07. The zero-order valence-electron chi connectivity index (χ0n) is 12.1. The standard InChI is InChI=1S/C14H24ClN3S/c1-4-10-14(15)12(18(5-2)17-10)9-16-11-7-6-8-13(11)19-3/h11,13,16H,4-9H2,1-3H3. The summed E-state index contributed by atoms with van der Waals surface area (Å²) in [7, 11) is 0. The first kappa shape index (κ1) is 15.2. The molecule has 1 aliphatic rings. The molecule has 0 amide bonds. The summed E-state index contributed by atoms with van der Waals surface area (Å²) in [4.78, 5) is 0. The molecule has 19 heavy (non-hydrogen) atoms. The van der Waals surface area contributed by atoms with E-state index in [0.717, 1.165) is 41.2 Å². The summed E-state index contributed by atoms with van der Waals surface area (Å²) in [6, 6.07) is 0.622. The van der Waals surface area contributed by atoms with Gasteiger partial charge in [-0.25, -0.2) is 0 Å². The van der Waals surface area contributed by atoms with Crippen LogP contribution in [0.2, 0.25) is 5.02 Å². The van der Waals surface area contributed by atoms with Crippen LogP contribution in [0.25, 0.3) is 0 Å². The molecule has 1 N–H and O–H groups in total. The molecule has 108 valence electrons. The quantitative estimate of drug-likeness (QED) is 0.872. The number of halogens is 1. The molecule has 1 fully saturated rings. The van der Waals surface area contributed by atoms with Crippen LogP contribution in [0.3, 0.4) is 0 Å². The number of aryl methyl sites for hydroxylation is 2. The summed E-state index contributed by atoms with van der Waals surface area (Å²) in [5, 5.41) is 9.87. The SMILES string of the molecule is CCc1nn(CC)c(CNC2CCCC2SC)c1Cl. The summed E-state index contributed by atoms with van der Waals surface area (Å²) < 4.78 is 2.04. The molecule has 1 aromatic rings. The van der Waals surface area contributed by atoms with Gasteiger partial charge in [-0.1, -0.05) is 24.9 Å². The predicted molar refractivity (Wildman–Crippen MR) is 84.1 cm³/mol. The van der Waals surface area contributed by atoms with Crippen molar-refractivity contribution in [2.45, 2.75) is 63.9 Å². The molecule has 0 saturated heterocycles. The lowest BCUT2D eigenvalue weighted by Crippen LogP contribution is -2.34. The summed E-state index contributed by atoms with van der Waals surface area (Å²) in [5.41, 5.74) is 2.17. The number of nitrogens with zero attached hydrogens (tertiary/aromatic N) is 2. The highest BCUT2D eigenvalue weighted by molar-refractivity contribution is 7.99. The lowest BCUT2D eigenvalue weighted by Gasteiger charge is -2.19. The lowest BCUT2D eigenvalue weighted by atomic mass is 10.2. The van der Waals surface area contributed by atoms with E-state index >= 15 is 0 Å². The Balaban J connectivity index is 2.04. The first-order valence-electron chi connectivity index (χ1n) is 7.21. The molecule has 0 spiro atoms. The van der Waals surface area contributed by atoms with E-state index in [9.17, 15) is 0 Å². The Morgan fingerprint density at radius 3 is 2.84 bits per heavy atom. The molecule has 1 aromatic heterocycles. The van der Waals surface area contributed by atoms with E-state index in [0.29, 0.717) is 6.04 Å². The Morgan fingerprint density at radius 2 is 2.21 bits per heavy atom. The molecule has 0 aliphatic heterocycles. The van der Waals surface area contributed by atoms with Crippen LogP contribution in [-0.4, -0.2) is 27.3 Å². The monoisotopic (exact) mass is 301 g/mol. The molecule has 0 aromatic carbocycles. The van der Waals surface area contributed by atoms with Crippen molar-refractivity contribution in [1.82, 2.24) is 15.1 Å². The van der Waals surface area contributed by atoms with Crippen LogP contribution in [0.1, 0.15) is 44.5 Å². The molecular formula is C14H24ClN3S. The van der Waals surface area contributed by atoms with Gasteiger partial charge in [0.1, 0.15) is 0 Å². The third-order valence-corrected chi connectivity index (χ3v) is 5.59. The van der Waals surface area contributed by atoms with E-state index in [2.05, 4.69) is 30.5 Å². The number of nitrogens with one attached hydrogen (secondary N) is 1. The van der Waals surface area contributed by atoms with Gasteiger partial charge in [-0.05, 0) is 32.4 Å². The maximum absolute atomic E-state index is 6.44. The highest BCUT2D eigenvalue weighted by Crippen LogP contribution is 2.29. The van der Waals surface area contributed by atoms with Gasteiger partial charge in [-0.3, -0.25) is 4.68 Å². The van der Waals surface area contributed by atoms with Crippen molar-refractivity contribution in [2.75, 3.05) is 6.26 Å². The normalized spacial score (nSPS) is 23.2. The van der Waals surface area contributed by atoms with Gasteiger partial charge >= 0.3 is 0 Å². The number of thioether (sulfide) groups is 1. The molecule has 3 nitrogen and oxygen atoms in total. The van der Waals surface area contributed by atoms with Crippen molar-refractivity contribution in [2.24, 2.45) is 0 Å². The van der Waals surface area contributed by atoms with Crippen molar-refractivity contribution < 1.29 is 0 Å². The van der Waals surface area contributed by atoms with Crippen LogP contribution in [0.4, 0.5) is 0 Å². The van der Waals surface area contributed by atoms with Gasteiger partial charge in [0.15, 0.2) is 0 Å². The molecule has 0 bridgehead atoms. The predicted octanol–water partition coefficient (Wildman–Crippen LogP) is 3.49. The van der Waals surface area contributed by atoms with Gasteiger partial charge in [0.2, 0.25) is 0 Å². The fourth-order valence-corrected chi connectivity index (χ4v) is 4.15. The summed E-state index contributed by atoms with van der Waals surface area (Å²) in [6.45, 7) is 5.94. The Labute approximate surface area is 125 Å².